The monoisotopic (exact) mass is 1170 g/mol. The number of imidazole rings is 1. The Morgan fingerprint density at radius 3 is 2.38 bits per heavy atom. The van der Waals surface area contributed by atoms with Crippen LogP contribution in [0.1, 0.15) is 117 Å². The number of nitrogens with zero attached hydrogens (tertiary/aromatic N) is 4. The quantitative estimate of drug-likeness (QED) is 0.0202. The molecule has 448 valence electrons. The lowest BCUT2D eigenvalue weighted by Crippen LogP contribution is -2.54. The summed E-state index contributed by atoms with van der Waals surface area (Å²) in [5.74, 6) is -0.545. The number of urea groups is 1. The van der Waals surface area contributed by atoms with Crippen molar-refractivity contribution in [3.05, 3.63) is 108 Å². The van der Waals surface area contributed by atoms with E-state index in [1.165, 1.54) is 16.7 Å². The maximum Gasteiger partial charge on any atom is 0.407 e. The molecule has 4 heterocycles. The van der Waals surface area contributed by atoms with Crippen LogP contribution >= 0.6 is 11.8 Å². The fourth-order valence-electron chi connectivity index (χ4n) is 11.5. The molecule has 8 amide bonds. The number of nitrogen functional groups attached to an aromatic ring is 1. The molecule has 2 fully saturated rings. The molecule has 2 aromatic carbocycles. The number of benzene rings is 2. The number of Topliss-reactive ketones (excluding diaryl/α,β-unsaturated/α-hetero) is 1. The Labute approximate surface area is 494 Å². The van der Waals surface area contributed by atoms with Gasteiger partial charge < -0.3 is 47.4 Å². The minimum Gasteiger partial charge on any atom is -0.445 e. The van der Waals surface area contributed by atoms with Gasteiger partial charge >= 0.3 is 12.1 Å². The normalized spacial score (nSPS) is 21.9. The topological polar surface area (TPSA) is 304 Å². The molecule has 22 heteroatoms. The molecule has 2 aliphatic heterocycles. The van der Waals surface area contributed by atoms with E-state index in [0.29, 0.717) is 73.5 Å². The molecule has 10 N–H and O–H groups in total. The second kappa shape index (κ2) is 28.2. The van der Waals surface area contributed by atoms with E-state index in [-0.39, 0.29) is 68.4 Å². The van der Waals surface area contributed by atoms with Crippen molar-refractivity contribution < 1.29 is 43.1 Å². The second-order valence-electron chi connectivity index (χ2n) is 22.7. The number of amides is 8. The molecule has 6 unspecified atom stereocenters. The van der Waals surface area contributed by atoms with Gasteiger partial charge in [0.25, 0.3) is 0 Å². The molecule has 2 bridgehead atoms. The minimum absolute atomic E-state index is 0.0159. The number of primary amides is 1. The van der Waals surface area contributed by atoms with Crippen molar-refractivity contribution >= 4 is 92.6 Å². The predicted octanol–water partition coefficient (Wildman–Crippen LogP) is 6.95. The van der Waals surface area contributed by atoms with Crippen LogP contribution in [0.15, 0.2) is 96.1 Å². The van der Waals surface area contributed by atoms with Gasteiger partial charge in [-0.1, -0.05) is 100 Å². The van der Waals surface area contributed by atoms with Crippen LogP contribution in [-0.2, 0) is 53.1 Å². The van der Waals surface area contributed by atoms with E-state index >= 15 is 0 Å². The van der Waals surface area contributed by atoms with Gasteiger partial charge in [-0.2, -0.15) is 0 Å². The van der Waals surface area contributed by atoms with Gasteiger partial charge in [0.2, 0.25) is 29.5 Å². The van der Waals surface area contributed by atoms with E-state index in [4.69, 9.17) is 21.2 Å². The number of unbranched alkanes of at least 4 members (excludes halogenated alkanes) is 4. The molecule has 0 radical (unpaired) electrons. The molecular weight excluding hydrogens is 1090 g/mol. The number of likely N-dealkylation sites (tertiary alicyclic amines) is 1. The summed E-state index contributed by atoms with van der Waals surface area (Å²) in [5, 5.41) is 17.8. The van der Waals surface area contributed by atoms with Crippen LogP contribution in [0.2, 0.25) is 0 Å². The van der Waals surface area contributed by atoms with Crippen LogP contribution in [0.4, 0.5) is 21.1 Å². The third kappa shape index (κ3) is 14.4. The predicted molar refractivity (Wildman–Crippen MR) is 325 cm³/mol. The first-order chi connectivity index (χ1) is 40.3. The lowest BCUT2D eigenvalue weighted by molar-refractivity contribution is -0.138. The number of carbonyl (C=O) groups excluding carboxylic acids is 8. The number of allylic oxidation sites excluding steroid dienone is 5. The van der Waals surface area contributed by atoms with E-state index in [0.717, 1.165) is 59.1 Å². The smallest absolute Gasteiger partial charge is 0.407 e. The molecule has 6 atom stereocenters. The number of nitrogens with one attached hydrogen (secondary N) is 6. The maximum absolute atomic E-state index is 13.9. The van der Waals surface area contributed by atoms with Crippen molar-refractivity contribution in [1.82, 2.24) is 46.0 Å². The SMILES string of the molecule is CCCCc1nc2c(N)nc3ccccc3c2n1CCCCNC(=O)OCc1ccc(NC(=O)C(CCCNC(N)=O)NC(=O)C(NC(=O)CCCCCN2C(=O)CC(SCC3NC4(C)/C5=C/C=C\C=C/C(=C5)C4(C)C3=O)C2=O)C(C)C)cc1. The number of para-hydroxylation sites is 1. The number of hydrogen-bond acceptors (Lipinski definition) is 14. The molecule has 4 aromatic rings. The fraction of sp³-hybridized carbons (Fsp3) is 0.484. The molecule has 84 heavy (non-hydrogen) atoms. The highest BCUT2D eigenvalue weighted by atomic mass is 32.2. The number of ether oxygens (including phenoxy) is 1. The van der Waals surface area contributed by atoms with Crippen LogP contribution in [0, 0.1) is 11.3 Å². The van der Waals surface area contributed by atoms with Crippen molar-refractivity contribution in [3.63, 3.8) is 0 Å². The number of anilines is 2. The number of rotatable bonds is 29. The highest BCUT2D eigenvalue weighted by Gasteiger charge is 2.64. The van der Waals surface area contributed by atoms with Crippen molar-refractivity contribution in [2.24, 2.45) is 17.1 Å². The molecule has 2 saturated heterocycles. The number of aryl methyl sites for hydroxylation is 2. The summed E-state index contributed by atoms with van der Waals surface area (Å²) < 4.78 is 7.72. The lowest BCUT2D eigenvalue weighted by Gasteiger charge is -2.35. The number of carbonyl (C=O) groups is 8. The second-order valence-corrected chi connectivity index (χ2v) is 23.9. The van der Waals surface area contributed by atoms with E-state index in [2.05, 4.69) is 54.5 Å². The zero-order valence-electron chi connectivity index (χ0n) is 48.7. The molecule has 21 nitrogen and oxygen atoms in total. The summed E-state index contributed by atoms with van der Waals surface area (Å²) in [5.41, 5.74) is 15.8. The molecule has 8 rings (SSSR count). The van der Waals surface area contributed by atoms with Crippen molar-refractivity contribution in [1.29, 1.82) is 0 Å². The molecular formula is C62H80N12O9S. The summed E-state index contributed by atoms with van der Waals surface area (Å²) in [6, 6.07) is 11.4. The number of fused-ring (bicyclic) bond motifs is 7. The van der Waals surface area contributed by atoms with Gasteiger partial charge in [0.1, 0.15) is 30.0 Å². The highest BCUT2D eigenvalue weighted by Crippen LogP contribution is 2.55. The lowest BCUT2D eigenvalue weighted by atomic mass is 9.69. The number of imide groups is 1. The van der Waals surface area contributed by atoms with Gasteiger partial charge in [0.15, 0.2) is 11.6 Å². The van der Waals surface area contributed by atoms with Crippen molar-refractivity contribution in [2.45, 2.75) is 154 Å². The zero-order chi connectivity index (χ0) is 60.1. The van der Waals surface area contributed by atoms with Gasteiger partial charge in [0, 0.05) is 62.3 Å². The third-order valence-corrected chi connectivity index (χ3v) is 17.7. The summed E-state index contributed by atoms with van der Waals surface area (Å²) in [4.78, 5) is 116. The van der Waals surface area contributed by atoms with Crippen LogP contribution in [-0.4, -0.2) is 121 Å². The van der Waals surface area contributed by atoms with Crippen LogP contribution in [0.25, 0.3) is 21.9 Å². The van der Waals surface area contributed by atoms with Crippen LogP contribution in [0.5, 0.6) is 0 Å². The Morgan fingerprint density at radius 1 is 0.857 bits per heavy atom. The first-order valence-electron chi connectivity index (χ1n) is 29.3. The van der Waals surface area contributed by atoms with E-state index in [1.54, 1.807) is 38.1 Å². The molecule has 4 aliphatic rings. The number of thioether (sulfide) groups is 1. The Bertz CT molecular complexity index is 3260. The first-order valence-corrected chi connectivity index (χ1v) is 30.4. The van der Waals surface area contributed by atoms with Gasteiger partial charge in [-0.05, 0) is 99.6 Å². The Morgan fingerprint density at radius 2 is 1.62 bits per heavy atom. The number of pyridine rings is 1. The molecule has 0 spiro atoms. The summed E-state index contributed by atoms with van der Waals surface area (Å²) in [7, 11) is 0. The zero-order valence-corrected chi connectivity index (χ0v) is 49.5. The minimum atomic E-state index is -1.06. The average Bonchev–Trinajstić information content (AvgIpc) is 2.33. The summed E-state index contributed by atoms with van der Waals surface area (Å²) in [6.07, 6.45) is 17.7. The molecule has 2 aliphatic carbocycles. The maximum atomic E-state index is 13.9. The summed E-state index contributed by atoms with van der Waals surface area (Å²) in [6.45, 7) is 11.2. The number of ketones is 1. The Balaban J connectivity index is 0.746. The number of alkyl carbamates (subject to hydrolysis) is 1. The van der Waals surface area contributed by atoms with Gasteiger partial charge in [-0.25, -0.2) is 19.6 Å². The average molecular weight is 1170 g/mol. The van der Waals surface area contributed by atoms with Crippen LogP contribution < -0.4 is 43.4 Å². The van der Waals surface area contributed by atoms with E-state index < -0.39 is 58.3 Å². The van der Waals surface area contributed by atoms with Gasteiger partial charge in [-0.15, -0.1) is 11.8 Å². The Hall–Kier alpha value is -7.85. The third-order valence-electron chi connectivity index (χ3n) is 16.4. The first kappa shape index (κ1) is 62.2. The van der Waals surface area contributed by atoms with E-state index in [1.807, 2.05) is 68.5 Å². The van der Waals surface area contributed by atoms with E-state index in [9.17, 15) is 38.4 Å². The van der Waals surface area contributed by atoms with Crippen LogP contribution in [0.3, 0.4) is 0 Å². The van der Waals surface area contributed by atoms with Crippen molar-refractivity contribution in [2.75, 3.05) is 36.4 Å². The number of aromatic nitrogens is 3. The highest BCUT2D eigenvalue weighted by molar-refractivity contribution is 8.00. The molecule has 0 saturated carbocycles. The Kier molecular flexibility index (Phi) is 20.8. The molecule has 2 aromatic heterocycles. The number of nitrogens with two attached hydrogens (primary N) is 2. The van der Waals surface area contributed by atoms with Gasteiger partial charge in [-0.3, -0.25) is 39.0 Å². The largest absolute Gasteiger partial charge is 0.445 e. The fourth-order valence-corrected chi connectivity index (χ4v) is 12.7. The van der Waals surface area contributed by atoms with Crippen molar-refractivity contribution in [3.8, 4) is 0 Å². The standard InChI is InChI=1S/C62H80N12O9S/c1-6-7-24-48-70-52-53(43-21-13-14-22-44(43)68-55(52)63)73(48)32-17-15-30-66-60(82)83-36-39-26-28-42(29-27-39)67-56(78)45(23-18-31-65-59(64)81)69-57(79)51(38(2)3)71-49(75)25-12-9-16-33-74-50(76)35-47(58(74)80)84-37-46-54(77)61(4)40-19-10-8-11-20-41(34-40)62(61,5)72-46/h8,10-11,13-14,19-22,26-29,34,38,45-47,51,72H,6-7,9,12,15-18,23-25,30-33,35-37H2,1-5H3,(H2,63,68)(H,66,82)(H,67,78)(H,69,79)(H,71,75)(H3,64,65,81)/b10-8?,11-8-,19-10-,20-11?,40-19?,41-20+. The van der Waals surface area contributed by atoms with Gasteiger partial charge in [0.05, 0.1) is 33.3 Å². The summed E-state index contributed by atoms with van der Waals surface area (Å²) >= 11 is 1.34. The number of hydrogen-bond donors (Lipinski definition) is 8.